The predicted molar refractivity (Wildman–Crippen MR) is 83.3 cm³/mol. The van der Waals surface area contributed by atoms with Crippen molar-refractivity contribution in [3.8, 4) is 0 Å². The van der Waals surface area contributed by atoms with E-state index in [4.69, 9.17) is 0 Å². The number of halogens is 2. The SMILES string of the molecule is Cl.Cl.c1cncc([C@H](C2CCC2)N2CCNCC2)c1. The van der Waals surface area contributed by atoms with Gasteiger partial charge < -0.3 is 5.32 Å². The fraction of sp³-hybridized carbons (Fsp3) is 0.643. The summed E-state index contributed by atoms with van der Waals surface area (Å²) in [4.78, 5) is 6.95. The van der Waals surface area contributed by atoms with Gasteiger partial charge in [0.1, 0.15) is 0 Å². The Hall–Kier alpha value is -0.350. The van der Waals surface area contributed by atoms with Gasteiger partial charge in [-0.15, -0.1) is 24.8 Å². The van der Waals surface area contributed by atoms with Gasteiger partial charge in [-0.25, -0.2) is 0 Å². The Kier molecular flexibility index (Phi) is 7.08. The van der Waals surface area contributed by atoms with Gasteiger partial charge in [-0.05, 0) is 30.4 Å². The first-order valence-electron chi connectivity index (χ1n) is 6.80. The Labute approximate surface area is 128 Å². The molecule has 19 heavy (non-hydrogen) atoms. The average molecular weight is 304 g/mol. The van der Waals surface area contributed by atoms with Gasteiger partial charge in [0.05, 0.1) is 0 Å². The lowest BCUT2D eigenvalue weighted by molar-refractivity contribution is 0.0835. The van der Waals surface area contributed by atoms with E-state index in [-0.39, 0.29) is 24.8 Å². The average Bonchev–Trinajstić information content (AvgIpc) is 2.36. The van der Waals surface area contributed by atoms with Crippen molar-refractivity contribution in [1.29, 1.82) is 0 Å². The highest BCUT2D eigenvalue weighted by atomic mass is 35.5. The van der Waals surface area contributed by atoms with Crippen molar-refractivity contribution in [2.45, 2.75) is 25.3 Å². The lowest BCUT2D eigenvalue weighted by atomic mass is 9.76. The zero-order valence-electron chi connectivity index (χ0n) is 11.1. The van der Waals surface area contributed by atoms with Crippen LogP contribution in [0, 0.1) is 5.92 Å². The summed E-state index contributed by atoms with van der Waals surface area (Å²) in [6, 6.07) is 4.93. The van der Waals surface area contributed by atoms with E-state index >= 15 is 0 Å². The Morgan fingerprint density at radius 3 is 2.47 bits per heavy atom. The molecule has 2 fully saturated rings. The second kappa shape index (κ2) is 8.05. The largest absolute Gasteiger partial charge is 0.314 e. The number of hydrogen-bond acceptors (Lipinski definition) is 3. The standard InChI is InChI=1S/C14H21N3.2ClH/c1-3-12(4-1)14(13-5-2-6-16-11-13)17-9-7-15-8-10-17;;/h2,5-6,11-12,14-15H,1,3-4,7-10H2;2*1H/t14-;;/m0../s1. The van der Waals surface area contributed by atoms with Crippen LogP contribution in [0.25, 0.3) is 0 Å². The van der Waals surface area contributed by atoms with E-state index in [0.29, 0.717) is 6.04 Å². The third-order valence-corrected chi connectivity index (χ3v) is 4.17. The summed E-state index contributed by atoms with van der Waals surface area (Å²) in [7, 11) is 0. The number of nitrogens with one attached hydrogen (secondary N) is 1. The smallest absolute Gasteiger partial charge is 0.0392 e. The fourth-order valence-corrected chi connectivity index (χ4v) is 3.05. The lowest BCUT2D eigenvalue weighted by Gasteiger charge is -2.43. The van der Waals surface area contributed by atoms with Gasteiger partial charge in [0.2, 0.25) is 0 Å². The molecule has 108 valence electrons. The van der Waals surface area contributed by atoms with Crippen molar-refractivity contribution in [2.75, 3.05) is 26.2 Å². The molecule has 3 nitrogen and oxygen atoms in total. The van der Waals surface area contributed by atoms with Crippen LogP contribution in [0.5, 0.6) is 0 Å². The van der Waals surface area contributed by atoms with Crippen molar-refractivity contribution in [2.24, 2.45) is 5.92 Å². The summed E-state index contributed by atoms with van der Waals surface area (Å²) in [5, 5.41) is 3.44. The van der Waals surface area contributed by atoms with E-state index in [0.717, 1.165) is 19.0 Å². The molecule has 1 saturated heterocycles. The maximum atomic E-state index is 4.30. The molecule has 1 N–H and O–H groups in total. The Morgan fingerprint density at radius 2 is 1.95 bits per heavy atom. The van der Waals surface area contributed by atoms with Crippen LogP contribution in [-0.4, -0.2) is 36.1 Å². The first kappa shape index (κ1) is 16.7. The highest BCUT2D eigenvalue weighted by Gasteiger charge is 2.33. The molecule has 2 heterocycles. The third kappa shape index (κ3) is 3.82. The zero-order chi connectivity index (χ0) is 11.5. The maximum absolute atomic E-state index is 4.30. The van der Waals surface area contributed by atoms with Crippen molar-refractivity contribution >= 4 is 24.8 Å². The molecule has 3 rings (SSSR count). The minimum atomic E-state index is 0. The molecule has 2 aliphatic rings. The van der Waals surface area contributed by atoms with Gasteiger partial charge in [-0.2, -0.15) is 0 Å². The van der Waals surface area contributed by atoms with Crippen molar-refractivity contribution < 1.29 is 0 Å². The molecule has 1 atom stereocenters. The number of hydrogen-bond donors (Lipinski definition) is 1. The van der Waals surface area contributed by atoms with Crippen LogP contribution in [0.3, 0.4) is 0 Å². The topological polar surface area (TPSA) is 28.2 Å². The van der Waals surface area contributed by atoms with Crippen LogP contribution in [0.1, 0.15) is 30.9 Å². The molecule has 0 aromatic carbocycles. The molecule has 1 aliphatic carbocycles. The van der Waals surface area contributed by atoms with E-state index in [1.54, 1.807) is 0 Å². The lowest BCUT2D eigenvalue weighted by Crippen LogP contribution is -2.47. The first-order valence-corrected chi connectivity index (χ1v) is 6.80. The number of nitrogens with zero attached hydrogens (tertiary/aromatic N) is 2. The first-order chi connectivity index (χ1) is 8.45. The van der Waals surface area contributed by atoms with Crippen LogP contribution in [0.15, 0.2) is 24.5 Å². The van der Waals surface area contributed by atoms with Crippen LogP contribution in [-0.2, 0) is 0 Å². The van der Waals surface area contributed by atoms with Crippen LogP contribution in [0.2, 0.25) is 0 Å². The molecule has 1 aromatic heterocycles. The molecule has 1 saturated carbocycles. The molecule has 5 heteroatoms. The molecule has 0 amide bonds. The van der Waals surface area contributed by atoms with Gasteiger partial charge in [0.25, 0.3) is 0 Å². The number of piperazine rings is 1. The van der Waals surface area contributed by atoms with E-state index < -0.39 is 0 Å². The fourth-order valence-electron chi connectivity index (χ4n) is 3.05. The molecule has 0 spiro atoms. The molecule has 0 unspecified atom stereocenters. The Bertz CT molecular complexity index is 351. The highest BCUT2D eigenvalue weighted by molar-refractivity contribution is 5.85. The molecule has 1 aromatic rings. The summed E-state index contributed by atoms with van der Waals surface area (Å²) < 4.78 is 0. The number of aromatic nitrogens is 1. The van der Waals surface area contributed by atoms with Gasteiger partial charge in [0, 0.05) is 44.6 Å². The number of pyridine rings is 1. The van der Waals surface area contributed by atoms with Gasteiger partial charge in [0.15, 0.2) is 0 Å². The van der Waals surface area contributed by atoms with Crippen LogP contribution < -0.4 is 5.32 Å². The second-order valence-corrected chi connectivity index (χ2v) is 5.21. The van der Waals surface area contributed by atoms with Gasteiger partial charge in [-0.3, -0.25) is 9.88 Å². The molecule has 0 radical (unpaired) electrons. The van der Waals surface area contributed by atoms with E-state index in [1.165, 1.54) is 37.9 Å². The minimum absolute atomic E-state index is 0. The number of rotatable bonds is 3. The van der Waals surface area contributed by atoms with Crippen molar-refractivity contribution in [3.05, 3.63) is 30.1 Å². The van der Waals surface area contributed by atoms with Crippen molar-refractivity contribution in [3.63, 3.8) is 0 Å². The Morgan fingerprint density at radius 1 is 1.21 bits per heavy atom. The third-order valence-electron chi connectivity index (χ3n) is 4.17. The normalized spacial score (nSPS) is 21.7. The molecule has 0 bridgehead atoms. The highest BCUT2D eigenvalue weighted by Crippen LogP contribution is 2.41. The summed E-state index contributed by atoms with van der Waals surface area (Å²) in [6.07, 6.45) is 8.13. The molecular formula is C14H23Cl2N3. The Balaban J connectivity index is 0.000000902. The van der Waals surface area contributed by atoms with E-state index in [1.807, 2.05) is 6.20 Å². The van der Waals surface area contributed by atoms with E-state index in [2.05, 4.69) is 33.5 Å². The summed E-state index contributed by atoms with van der Waals surface area (Å²) >= 11 is 0. The second-order valence-electron chi connectivity index (χ2n) is 5.21. The maximum Gasteiger partial charge on any atom is 0.0392 e. The van der Waals surface area contributed by atoms with Crippen LogP contribution in [0.4, 0.5) is 0 Å². The minimum Gasteiger partial charge on any atom is -0.314 e. The molecular weight excluding hydrogens is 281 g/mol. The van der Waals surface area contributed by atoms with Gasteiger partial charge in [-0.1, -0.05) is 12.5 Å². The summed E-state index contributed by atoms with van der Waals surface area (Å²) in [5.41, 5.74) is 1.42. The van der Waals surface area contributed by atoms with Crippen molar-refractivity contribution in [1.82, 2.24) is 15.2 Å². The summed E-state index contributed by atoms with van der Waals surface area (Å²) in [6.45, 7) is 4.61. The van der Waals surface area contributed by atoms with Gasteiger partial charge >= 0.3 is 0 Å². The van der Waals surface area contributed by atoms with Crippen LogP contribution >= 0.6 is 24.8 Å². The predicted octanol–water partition coefficient (Wildman–Crippen LogP) is 2.67. The zero-order valence-corrected chi connectivity index (χ0v) is 12.8. The van der Waals surface area contributed by atoms with E-state index in [9.17, 15) is 0 Å². The summed E-state index contributed by atoms with van der Waals surface area (Å²) in [5.74, 6) is 0.859. The molecule has 1 aliphatic heterocycles. The quantitative estimate of drug-likeness (QED) is 0.930. The monoisotopic (exact) mass is 303 g/mol.